The number of hydrogen-bond donors (Lipinski definition) is 2. The van der Waals surface area contributed by atoms with Crippen LogP contribution in [0.25, 0.3) is 0 Å². The van der Waals surface area contributed by atoms with Crippen LogP contribution >= 0.6 is 0 Å². The lowest BCUT2D eigenvalue weighted by atomic mass is 9.87. The fraction of sp³-hybridized carbons (Fsp3) is 0.625. The summed E-state index contributed by atoms with van der Waals surface area (Å²) in [5.74, 6) is 5.82. The van der Waals surface area contributed by atoms with Crippen LogP contribution in [-0.2, 0) is 6.42 Å². The first-order valence-electron chi connectivity index (χ1n) is 7.22. The highest BCUT2D eigenvalue weighted by atomic mass is 15.3. The van der Waals surface area contributed by atoms with E-state index in [1.54, 1.807) is 0 Å². The van der Waals surface area contributed by atoms with Crippen LogP contribution in [0.1, 0.15) is 38.8 Å². The molecule has 1 aromatic rings. The molecule has 1 aromatic carbocycles. The Morgan fingerprint density at radius 3 is 2.37 bits per heavy atom. The summed E-state index contributed by atoms with van der Waals surface area (Å²) in [6.07, 6.45) is 0.946. The van der Waals surface area contributed by atoms with Gasteiger partial charge in [-0.15, -0.1) is 0 Å². The molecule has 19 heavy (non-hydrogen) atoms. The largest absolute Gasteiger partial charge is 0.297 e. The van der Waals surface area contributed by atoms with Gasteiger partial charge in [-0.05, 0) is 45.8 Å². The highest BCUT2D eigenvalue weighted by Gasteiger charge is 2.33. The van der Waals surface area contributed by atoms with Crippen molar-refractivity contribution in [3.63, 3.8) is 0 Å². The fourth-order valence-corrected chi connectivity index (χ4v) is 2.85. The van der Waals surface area contributed by atoms with E-state index in [9.17, 15) is 0 Å². The van der Waals surface area contributed by atoms with Crippen molar-refractivity contribution in [2.75, 3.05) is 13.1 Å². The molecule has 0 bridgehead atoms. The number of benzene rings is 1. The Bertz CT molecular complexity index is 383. The molecule has 0 amide bonds. The van der Waals surface area contributed by atoms with E-state index in [-0.39, 0.29) is 11.6 Å². The molecule has 0 radical (unpaired) electrons. The number of hydrogen-bond acceptors (Lipinski definition) is 3. The molecule has 1 unspecified atom stereocenters. The third-order valence-electron chi connectivity index (χ3n) is 4.15. The molecule has 108 valence electrons. The fourth-order valence-electron chi connectivity index (χ4n) is 2.85. The summed E-state index contributed by atoms with van der Waals surface area (Å²) < 4.78 is 0. The van der Waals surface area contributed by atoms with Crippen LogP contribution < -0.4 is 11.3 Å². The average molecular weight is 263 g/mol. The van der Waals surface area contributed by atoms with E-state index >= 15 is 0 Å². The van der Waals surface area contributed by atoms with Gasteiger partial charge in [0.25, 0.3) is 0 Å². The molecule has 0 saturated heterocycles. The standard InChI is InChI=1S/C16H29N3/c1-6-19(7-2)16(4,5)15(18-17)12-14-10-8-9-13(3)11-14/h8-11,15,18H,6-7,12,17H2,1-5H3. The van der Waals surface area contributed by atoms with Crippen molar-refractivity contribution in [3.8, 4) is 0 Å². The molecule has 3 nitrogen and oxygen atoms in total. The first kappa shape index (κ1) is 16.2. The third kappa shape index (κ3) is 4.03. The first-order valence-corrected chi connectivity index (χ1v) is 7.22. The van der Waals surface area contributed by atoms with Gasteiger partial charge in [-0.2, -0.15) is 0 Å². The molecular weight excluding hydrogens is 234 g/mol. The monoisotopic (exact) mass is 263 g/mol. The van der Waals surface area contributed by atoms with Crippen LogP contribution in [0.3, 0.4) is 0 Å². The molecule has 0 heterocycles. The van der Waals surface area contributed by atoms with Gasteiger partial charge in [-0.1, -0.05) is 43.7 Å². The van der Waals surface area contributed by atoms with E-state index in [0.717, 1.165) is 19.5 Å². The molecular formula is C16H29N3. The second-order valence-electron chi connectivity index (χ2n) is 5.74. The number of nitrogens with one attached hydrogen (secondary N) is 1. The van der Waals surface area contributed by atoms with Gasteiger partial charge in [0.1, 0.15) is 0 Å². The van der Waals surface area contributed by atoms with Gasteiger partial charge in [0.2, 0.25) is 0 Å². The number of rotatable bonds is 7. The first-order chi connectivity index (χ1) is 8.95. The Labute approximate surface area is 118 Å². The van der Waals surface area contributed by atoms with Crippen molar-refractivity contribution in [3.05, 3.63) is 35.4 Å². The Morgan fingerprint density at radius 2 is 1.89 bits per heavy atom. The maximum atomic E-state index is 5.82. The summed E-state index contributed by atoms with van der Waals surface area (Å²) in [4.78, 5) is 2.45. The second-order valence-corrected chi connectivity index (χ2v) is 5.74. The Kier molecular flexibility index (Phi) is 5.98. The second kappa shape index (κ2) is 7.04. The van der Waals surface area contributed by atoms with Gasteiger partial charge in [0, 0.05) is 11.6 Å². The third-order valence-corrected chi connectivity index (χ3v) is 4.15. The average Bonchev–Trinajstić information content (AvgIpc) is 2.37. The lowest BCUT2D eigenvalue weighted by Crippen LogP contribution is -2.60. The van der Waals surface area contributed by atoms with Gasteiger partial charge in [-0.3, -0.25) is 16.2 Å². The molecule has 3 heteroatoms. The van der Waals surface area contributed by atoms with E-state index in [4.69, 9.17) is 5.84 Å². The van der Waals surface area contributed by atoms with Crippen LogP contribution in [-0.4, -0.2) is 29.6 Å². The number of aryl methyl sites for hydroxylation is 1. The lowest BCUT2D eigenvalue weighted by molar-refractivity contribution is 0.0912. The molecule has 0 aliphatic carbocycles. The molecule has 0 aliphatic rings. The summed E-state index contributed by atoms with van der Waals surface area (Å²) in [6, 6.07) is 8.89. The quantitative estimate of drug-likeness (QED) is 0.586. The Balaban J connectivity index is 2.88. The van der Waals surface area contributed by atoms with E-state index in [1.807, 2.05) is 0 Å². The summed E-state index contributed by atoms with van der Waals surface area (Å²) >= 11 is 0. The van der Waals surface area contributed by atoms with E-state index < -0.39 is 0 Å². The maximum Gasteiger partial charge on any atom is 0.0429 e. The predicted molar refractivity (Wildman–Crippen MR) is 83.0 cm³/mol. The summed E-state index contributed by atoms with van der Waals surface area (Å²) in [5.41, 5.74) is 5.68. The van der Waals surface area contributed by atoms with Gasteiger partial charge < -0.3 is 0 Å². The number of nitrogens with two attached hydrogens (primary N) is 1. The predicted octanol–water partition coefficient (Wildman–Crippen LogP) is 2.49. The van der Waals surface area contributed by atoms with Crippen molar-refractivity contribution in [1.82, 2.24) is 10.3 Å². The maximum absolute atomic E-state index is 5.82. The van der Waals surface area contributed by atoms with Crippen LogP contribution in [0, 0.1) is 6.92 Å². The molecule has 1 atom stereocenters. The zero-order chi connectivity index (χ0) is 14.5. The smallest absolute Gasteiger partial charge is 0.0429 e. The summed E-state index contributed by atoms with van der Waals surface area (Å²) in [6.45, 7) is 13.1. The van der Waals surface area contributed by atoms with Crippen molar-refractivity contribution in [2.24, 2.45) is 5.84 Å². The SMILES string of the molecule is CCN(CC)C(C)(C)C(Cc1cccc(C)c1)NN. The molecule has 0 saturated carbocycles. The van der Waals surface area contributed by atoms with Crippen molar-refractivity contribution in [1.29, 1.82) is 0 Å². The van der Waals surface area contributed by atoms with Gasteiger partial charge in [0.05, 0.1) is 0 Å². The minimum absolute atomic E-state index is 0.0298. The highest BCUT2D eigenvalue weighted by molar-refractivity contribution is 5.23. The minimum Gasteiger partial charge on any atom is -0.297 e. The molecule has 0 fully saturated rings. The highest BCUT2D eigenvalue weighted by Crippen LogP contribution is 2.21. The topological polar surface area (TPSA) is 41.3 Å². The Morgan fingerprint density at radius 1 is 1.26 bits per heavy atom. The molecule has 0 spiro atoms. The molecule has 3 N–H and O–H groups in total. The molecule has 1 rings (SSSR count). The van der Waals surface area contributed by atoms with Gasteiger partial charge in [0.15, 0.2) is 0 Å². The Hall–Kier alpha value is -0.900. The zero-order valence-electron chi connectivity index (χ0n) is 13.0. The van der Waals surface area contributed by atoms with Crippen LogP contribution in [0.4, 0.5) is 0 Å². The van der Waals surface area contributed by atoms with E-state index in [2.05, 4.69) is 69.2 Å². The van der Waals surface area contributed by atoms with Crippen molar-refractivity contribution in [2.45, 2.75) is 52.6 Å². The number of nitrogens with zero attached hydrogens (tertiary/aromatic N) is 1. The minimum atomic E-state index is 0.0298. The summed E-state index contributed by atoms with van der Waals surface area (Å²) in [7, 11) is 0. The van der Waals surface area contributed by atoms with Gasteiger partial charge >= 0.3 is 0 Å². The van der Waals surface area contributed by atoms with E-state index in [0.29, 0.717) is 0 Å². The van der Waals surface area contributed by atoms with Crippen molar-refractivity contribution >= 4 is 0 Å². The molecule has 0 aliphatic heterocycles. The van der Waals surface area contributed by atoms with Crippen molar-refractivity contribution < 1.29 is 0 Å². The van der Waals surface area contributed by atoms with Crippen LogP contribution in [0.2, 0.25) is 0 Å². The zero-order valence-corrected chi connectivity index (χ0v) is 13.0. The lowest BCUT2D eigenvalue weighted by Gasteiger charge is -2.43. The van der Waals surface area contributed by atoms with E-state index in [1.165, 1.54) is 11.1 Å². The van der Waals surface area contributed by atoms with Crippen LogP contribution in [0.5, 0.6) is 0 Å². The van der Waals surface area contributed by atoms with Crippen LogP contribution in [0.15, 0.2) is 24.3 Å². The molecule has 0 aromatic heterocycles. The number of hydrazine groups is 1. The van der Waals surface area contributed by atoms with Gasteiger partial charge in [-0.25, -0.2) is 0 Å². The number of likely N-dealkylation sites (N-methyl/N-ethyl adjacent to an activating group) is 1. The normalized spacial score (nSPS) is 13.8. The summed E-state index contributed by atoms with van der Waals surface area (Å²) in [5, 5.41) is 0.